The fraction of sp³-hybridized carbons (Fsp3) is 0.500. The van der Waals surface area contributed by atoms with E-state index in [4.69, 9.17) is 0 Å². The van der Waals surface area contributed by atoms with Crippen LogP contribution in [-0.2, 0) is 6.18 Å². The van der Waals surface area contributed by atoms with Crippen molar-refractivity contribution in [2.45, 2.75) is 32.1 Å². The first-order valence-electron chi connectivity index (χ1n) is 6.52. The molecule has 1 aliphatic rings. The number of hydrogen-bond acceptors (Lipinski definition) is 2. The number of nitrogens with zero attached hydrogens (tertiary/aromatic N) is 1. The van der Waals surface area contributed by atoms with E-state index in [0.717, 1.165) is 12.1 Å². The van der Waals surface area contributed by atoms with E-state index in [-0.39, 0.29) is 23.6 Å². The van der Waals surface area contributed by atoms with Crippen LogP contribution in [0.1, 0.15) is 29.8 Å². The van der Waals surface area contributed by atoms with Crippen molar-refractivity contribution in [3.63, 3.8) is 0 Å². The highest BCUT2D eigenvalue weighted by Gasteiger charge is 2.33. The van der Waals surface area contributed by atoms with E-state index in [1.165, 1.54) is 12.1 Å². The lowest BCUT2D eigenvalue weighted by molar-refractivity contribution is -0.137. The fourth-order valence-electron chi connectivity index (χ4n) is 2.34. The highest BCUT2D eigenvalue weighted by molar-refractivity contribution is 5.94. The Balaban J connectivity index is 2.25. The molecule has 0 bridgehead atoms. The van der Waals surface area contributed by atoms with Crippen molar-refractivity contribution >= 4 is 5.91 Å². The first-order chi connectivity index (χ1) is 9.30. The minimum absolute atomic E-state index is 0.0502. The van der Waals surface area contributed by atoms with Gasteiger partial charge in [0, 0.05) is 30.7 Å². The molecule has 2 unspecified atom stereocenters. The normalized spacial score (nSPS) is 23.8. The molecule has 1 saturated heterocycles. The summed E-state index contributed by atoms with van der Waals surface area (Å²) < 4.78 is 38.0. The second kappa shape index (κ2) is 5.44. The second-order valence-electron chi connectivity index (χ2n) is 5.06. The Bertz CT molecular complexity index is 501. The predicted molar refractivity (Wildman–Crippen MR) is 69.4 cm³/mol. The summed E-state index contributed by atoms with van der Waals surface area (Å²) in [7, 11) is 0. The number of rotatable bonds is 1. The van der Waals surface area contributed by atoms with Crippen molar-refractivity contribution in [3.05, 3.63) is 35.4 Å². The number of carbonyl (C=O) groups is 1. The van der Waals surface area contributed by atoms with Crippen LogP contribution in [0.3, 0.4) is 0 Å². The third-order valence-corrected chi connectivity index (χ3v) is 3.73. The molecule has 1 aromatic carbocycles. The Morgan fingerprint density at radius 2 is 2.05 bits per heavy atom. The SMILES string of the molecule is CC1NCCN(C(=O)c2cccc(C(F)(F)F)c2)C1C. The average Bonchev–Trinajstić information content (AvgIpc) is 2.40. The van der Waals surface area contributed by atoms with Gasteiger partial charge in [-0.3, -0.25) is 4.79 Å². The molecule has 2 rings (SSSR count). The van der Waals surface area contributed by atoms with E-state index in [9.17, 15) is 18.0 Å². The number of alkyl halides is 3. The first kappa shape index (κ1) is 14.8. The molecule has 0 spiro atoms. The molecule has 1 fully saturated rings. The van der Waals surface area contributed by atoms with Crippen LogP contribution in [0.5, 0.6) is 0 Å². The zero-order valence-electron chi connectivity index (χ0n) is 11.4. The number of carbonyl (C=O) groups excluding carboxylic acids is 1. The van der Waals surface area contributed by atoms with E-state index < -0.39 is 11.7 Å². The molecular formula is C14H17F3N2O. The van der Waals surface area contributed by atoms with Crippen LogP contribution >= 0.6 is 0 Å². The summed E-state index contributed by atoms with van der Waals surface area (Å²) in [4.78, 5) is 14.0. The molecule has 6 heteroatoms. The third kappa shape index (κ3) is 2.95. The lowest BCUT2D eigenvalue weighted by atomic mass is 10.0. The van der Waals surface area contributed by atoms with E-state index in [0.29, 0.717) is 13.1 Å². The van der Waals surface area contributed by atoms with Gasteiger partial charge in [-0.15, -0.1) is 0 Å². The zero-order valence-corrected chi connectivity index (χ0v) is 11.4. The smallest absolute Gasteiger partial charge is 0.333 e. The quantitative estimate of drug-likeness (QED) is 0.860. The lowest BCUT2D eigenvalue weighted by Gasteiger charge is -2.38. The molecule has 0 radical (unpaired) electrons. The molecule has 1 heterocycles. The van der Waals surface area contributed by atoms with Gasteiger partial charge in [0.25, 0.3) is 5.91 Å². The van der Waals surface area contributed by atoms with Crippen LogP contribution in [0.4, 0.5) is 13.2 Å². The maximum Gasteiger partial charge on any atom is 0.416 e. The second-order valence-corrected chi connectivity index (χ2v) is 5.06. The Labute approximate surface area is 115 Å². The molecule has 1 amide bonds. The Morgan fingerprint density at radius 3 is 2.70 bits per heavy atom. The van der Waals surface area contributed by atoms with Crippen LogP contribution in [0.2, 0.25) is 0 Å². The summed E-state index contributed by atoms with van der Waals surface area (Å²) >= 11 is 0. The van der Waals surface area contributed by atoms with E-state index in [1.54, 1.807) is 4.90 Å². The van der Waals surface area contributed by atoms with Crippen molar-refractivity contribution in [2.24, 2.45) is 0 Å². The van der Waals surface area contributed by atoms with Gasteiger partial charge in [0.05, 0.1) is 5.56 Å². The van der Waals surface area contributed by atoms with Crippen molar-refractivity contribution in [2.75, 3.05) is 13.1 Å². The van der Waals surface area contributed by atoms with Gasteiger partial charge in [-0.25, -0.2) is 0 Å². The summed E-state index contributed by atoms with van der Waals surface area (Å²) in [5.74, 6) is -0.350. The Hall–Kier alpha value is -1.56. The minimum Gasteiger partial charge on any atom is -0.333 e. The molecule has 110 valence electrons. The molecule has 2 atom stereocenters. The fourth-order valence-corrected chi connectivity index (χ4v) is 2.34. The molecule has 1 aliphatic heterocycles. The monoisotopic (exact) mass is 286 g/mol. The highest BCUT2D eigenvalue weighted by atomic mass is 19.4. The van der Waals surface area contributed by atoms with Crippen molar-refractivity contribution in [1.82, 2.24) is 10.2 Å². The van der Waals surface area contributed by atoms with Gasteiger partial charge in [-0.1, -0.05) is 6.07 Å². The molecule has 1 N–H and O–H groups in total. The number of amides is 1. The number of benzene rings is 1. The average molecular weight is 286 g/mol. The lowest BCUT2D eigenvalue weighted by Crippen LogP contribution is -2.57. The number of piperazine rings is 1. The summed E-state index contributed by atoms with van der Waals surface area (Å²) in [6, 6.07) is 4.66. The Kier molecular flexibility index (Phi) is 4.04. The van der Waals surface area contributed by atoms with Gasteiger partial charge in [0.1, 0.15) is 0 Å². The van der Waals surface area contributed by atoms with Crippen LogP contribution in [0.15, 0.2) is 24.3 Å². The molecule has 0 aliphatic carbocycles. The van der Waals surface area contributed by atoms with E-state index >= 15 is 0 Å². The molecule has 1 aromatic rings. The van der Waals surface area contributed by atoms with Gasteiger partial charge in [0.2, 0.25) is 0 Å². The van der Waals surface area contributed by atoms with Crippen LogP contribution in [0, 0.1) is 0 Å². The highest BCUT2D eigenvalue weighted by Crippen LogP contribution is 2.30. The largest absolute Gasteiger partial charge is 0.416 e. The minimum atomic E-state index is -4.43. The van der Waals surface area contributed by atoms with Crippen LogP contribution in [-0.4, -0.2) is 36.0 Å². The van der Waals surface area contributed by atoms with Crippen LogP contribution < -0.4 is 5.32 Å². The first-order valence-corrected chi connectivity index (χ1v) is 6.52. The van der Waals surface area contributed by atoms with Gasteiger partial charge in [0.15, 0.2) is 0 Å². The summed E-state index contributed by atoms with van der Waals surface area (Å²) in [5.41, 5.74) is -0.708. The van der Waals surface area contributed by atoms with Gasteiger partial charge in [-0.05, 0) is 32.0 Å². The van der Waals surface area contributed by atoms with Gasteiger partial charge >= 0.3 is 6.18 Å². The van der Waals surface area contributed by atoms with Gasteiger partial charge < -0.3 is 10.2 Å². The summed E-state index contributed by atoms with van der Waals surface area (Å²) in [6.45, 7) is 5.00. The molecule has 20 heavy (non-hydrogen) atoms. The molecular weight excluding hydrogens is 269 g/mol. The van der Waals surface area contributed by atoms with Crippen LogP contribution in [0.25, 0.3) is 0 Å². The number of hydrogen-bond donors (Lipinski definition) is 1. The van der Waals surface area contributed by atoms with E-state index in [2.05, 4.69) is 5.32 Å². The number of nitrogens with one attached hydrogen (secondary N) is 1. The maximum atomic E-state index is 12.7. The summed E-state index contributed by atoms with van der Waals surface area (Å²) in [6.07, 6.45) is -4.43. The maximum absolute atomic E-state index is 12.7. The van der Waals surface area contributed by atoms with Crippen molar-refractivity contribution in [1.29, 1.82) is 0 Å². The van der Waals surface area contributed by atoms with Crippen molar-refractivity contribution in [3.8, 4) is 0 Å². The molecule has 0 aromatic heterocycles. The third-order valence-electron chi connectivity index (χ3n) is 3.73. The Morgan fingerprint density at radius 1 is 1.35 bits per heavy atom. The molecule has 3 nitrogen and oxygen atoms in total. The number of halogens is 3. The zero-order chi connectivity index (χ0) is 14.9. The predicted octanol–water partition coefficient (Wildman–Crippen LogP) is 2.53. The van der Waals surface area contributed by atoms with Crippen molar-refractivity contribution < 1.29 is 18.0 Å². The topological polar surface area (TPSA) is 32.3 Å². The standard InChI is InChI=1S/C14H17F3N2O/c1-9-10(2)19(7-6-18-9)13(20)11-4-3-5-12(8-11)14(15,16)17/h3-5,8-10,18H,6-7H2,1-2H3. The summed E-state index contributed by atoms with van der Waals surface area (Å²) in [5, 5.41) is 3.23. The van der Waals surface area contributed by atoms with Gasteiger partial charge in [-0.2, -0.15) is 13.2 Å². The molecule has 0 saturated carbocycles. The van der Waals surface area contributed by atoms with E-state index in [1.807, 2.05) is 13.8 Å².